The van der Waals surface area contributed by atoms with Crippen LogP contribution in [0.2, 0.25) is 5.02 Å². The van der Waals surface area contributed by atoms with E-state index in [4.69, 9.17) is 17.3 Å². The van der Waals surface area contributed by atoms with Gasteiger partial charge in [-0.1, -0.05) is 17.7 Å². The highest BCUT2D eigenvalue weighted by Crippen LogP contribution is 2.37. The first-order valence-electron chi connectivity index (χ1n) is 5.32. The highest BCUT2D eigenvalue weighted by Gasteiger charge is 2.34. The fraction of sp³-hybridized carbons (Fsp3) is 0.500. The van der Waals surface area contributed by atoms with Gasteiger partial charge in [-0.05, 0) is 42.5 Å². The molecule has 0 aromatic heterocycles. The van der Waals surface area contributed by atoms with Gasteiger partial charge in [-0.15, -0.1) is 0 Å². The Bertz CT molecular complexity index is 361. The summed E-state index contributed by atoms with van der Waals surface area (Å²) in [7, 11) is 0. The molecule has 0 heterocycles. The minimum atomic E-state index is -0.238. The SMILES string of the molecule is NC[C@]1(CO)CCCc2cc(Cl)ccc21. The first kappa shape index (κ1) is 10.9. The van der Waals surface area contributed by atoms with Gasteiger partial charge in [-0.2, -0.15) is 0 Å². The standard InChI is InChI=1S/C12H16ClNO/c13-10-3-4-11-9(6-10)2-1-5-12(11,7-14)8-15/h3-4,6,15H,1-2,5,7-8,14H2/t12-/m0/s1. The molecule has 0 saturated carbocycles. The fourth-order valence-electron chi connectivity index (χ4n) is 2.48. The second-order valence-electron chi connectivity index (χ2n) is 4.30. The third kappa shape index (κ3) is 1.78. The van der Waals surface area contributed by atoms with Crippen molar-refractivity contribution in [1.82, 2.24) is 0 Å². The van der Waals surface area contributed by atoms with Crippen LogP contribution in [0.3, 0.4) is 0 Å². The largest absolute Gasteiger partial charge is 0.395 e. The minimum Gasteiger partial charge on any atom is -0.395 e. The number of nitrogens with two attached hydrogens (primary N) is 1. The van der Waals surface area contributed by atoms with Gasteiger partial charge in [0.1, 0.15) is 0 Å². The third-order valence-electron chi connectivity index (χ3n) is 3.43. The van der Waals surface area contributed by atoms with Gasteiger partial charge < -0.3 is 10.8 Å². The fourth-order valence-corrected chi connectivity index (χ4v) is 2.67. The zero-order valence-electron chi connectivity index (χ0n) is 8.67. The first-order valence-corrected chi connectivity index (χ1v) is 5.69. The van der Waals surface area contributed by atoms with Crippen molar-refractivity contribution in [3.8, 4) is 0 Å². The molecule has 1 aromatic carbocycles. The average molecular weight is 226 g/mol. The molecule has 2 nitrogen and oxygen atoms in total. The highest BCUT2D eigenvalue weighted by molar-refractivity contribution is 6.30. The maximum absolute atomic E-state index is 9.54. The molecule has 1 aromatic rings. The number of rotatable bonds is 2. The molecule has 2 rings (SSSR count). The molecule has 82 valence electrons. The Morgan fingerprint density at radius 2 is 2.27 bits per heavy atom. The second kappa shape index (κ2) is 4.12. The summed E-state index contributed by atoms with van der Waals surface area (Å²) >= 11 is 5.96. The number of halogens is 1. The van der Waals surface area contributed by atoms with Gasteiger partial charge in [0, 0.05) is 17.0 Å². The quantitative estimate of drug-likeness (QED) is 0.807. The van der Waals surface area contributed by atoms with Gasteiger partial charge in [0.2, 0.25) is 0 Å². The van der Waals surface area contributed by atoms with Crippen molar-refractivity contribution in [3.63, 3.8) is 0 Å². The maximum Gasteiger partial charge on any atom is 0.0540 e. The van der Waals surface area contributed by atoms with Gasteiger partial charge >= 0.3 is 0 Å². The van der Waals surface area contributed by atoms with E-state index in [9.17, 15) is 5.11 Å². The summed E-state index contributed by atoms with van der Waals surface area (Å²) in [5, 5.41) is 10.3. The maximum atomic E-state index is 9.54. The van der Waals surface area contributed by atoms with Crippen LogP contribution in [0.25, 0.3) is 0 Å². The van der Waals surface area contributed by atoms with Gasteiger partial charge in [-0.3, -0.25) is 0 Å². The summed E-state index contributed by atoms with van der Waals surface area (Å²) in [6.45, 7) is 0.621. The van der Waals surface area contributed by atoms with Crippen LogP contribution in [0.5, 0.6) is 0 Å². The monoisotopic (exact) mass is 225 g/mol. The van der Waals surface area contributed by atoms with Crippen LogP contribution in [0.15, 0.2) is 18.2 Å². The summed E-state index contributed by atoms with van der Waals surface area (Å²) < 4.78 is 0. The predicted octanol–water partition coefficient (Wildman–Crippen LogP) is 1.87. The van der Waals surface area contributed by atoms with Crippen LogP contribution in [0.1, 0.15) is 24.0 Å². The van der Waals surface area contributed by atoms with E-state index in [-0.39, 0.29) is 12.0 Å². The van der Waals surface area contributed by atoms with E-state index in [0.29, 0.717) is 6.54 Å². The molecule has 15 heavy (non-hydrogen) atoms. The molecule has 0 bridgehead atoms. The minimum absolute atomic E-state index is 0.123. The highest BCUT2D eigenvalue weighted by atomic mass is 35.5. The van der Waals surface area contributed by atoms with Gasteiger partial charge in [0.05, 0.1) is 6.61 Å². The molecule has 0 unspecified atom stereocenters. The molecule has 0 aliphatic heterocycles. The Morgan fingerprint density at radius 1 is 1.47 bits per heavy atom. The van der Waals surface area contributed by atoms with Crippen LogP contribution in [0, 0.1) is 0 Å². The number of hydrogen-bond donors (Lipinski definition) is 2. The van der Waals surface area contributed by atoms with Crippen molar-refractivity contribution >= 4 is 11.6 Å². The molecule has 1 aliphatic rings. The number of aliphatic hydroxyl groups excluding tert-OH is 1. The lowest BCUT2D eigenvalue weighted by Crippen LogP contribution is -2.41. The number of hydrogen-bond acceptors (Lipinski definition) is 2. The Labute approximate surface area is 95.1 Å². The lowest BCUT2D eigenvalue weighted by atomic mass is 9.70. The molecule has 0 saturated heterocycles. The van der Waals surface area contributed by atoms with Gasteiger partial charge in [0.25, 0.3) is 0 Å². The Hall–Kier alpha value is -0.570. The van der Waals surface area contributed by atoms with Crippen molar-refractivity contribution in [3.05, 3.63) is 34.3 Å². The molecule has 0 spiro atoms. The zero-order chi connectivity index (χ0) is 10.9. The Kier molecular flexibility index (Phi) is 3.01. The van der Waals surface area contributed by atoms with Crippen LogP contribution in [-0.2, 0) is 11.8 Å². The van der Waals surface area contributed by atoms with Crippen molar-refractivity contribution < 1.29 is 5.11 Å². The van der Waals surface area contributed by atoms with Gasteiger partial charge in [0.15, 0.2) is 0 Å². The van der Waals surface area contributed by atoms with E-state index < -0.39 is 0 Å². The van der Waals surface area contributed by atoms with Crippen molar-refractivity contribution in [1.29, 1.82) is 0 Å². The molecular formula is C12H16ClNO. The Morgan fingerprint density at radius 3 is 2.93 bits per heavy atom. The Balaban J connectivity index is 2.50. The second-order valence-corrected chi connectivity index (χ2v) is 4.73. The number of benzene rings is 1. The smallest absolute Gasteiger partial charge is 0.0540 e. The molecule has 3 heteroatoms. The van der Waals surface area contributed by atoms with Crippen LogP contribution < -0.4 is 5.73 Å². The number of aliphatic hydroxyl groups is 1. The predicted molar refractivity (Wildman–Crippen MR) is 62.2 cm³/mol. The van der Waals surface area contributed by atoms with E-state index in [1.54, 1.807) is 0 Å². The molecule has 1 atom stereocenters. The summed E-state index contributed by atoms with van der Waals surface area (Å²) in [6, 6.07) is 5.89. The number of aryl methyl sites for hydroxylation is 1. The lowest BCUT2D eigenvalue weighted by Gasteiger charge is -2.36. The van der Waals surface area contributed by atoms with Crippen molar-refractivity contribution in [2.24, 2.45) is 5.73 Å². The normalized spacial score (nSPS) is 25.0. The van der Waals surface area contributed by atoms with E-state index >= 15 is 0 Å². The van der Waals surface area contributed by atoms with Crippen molar-refractivity contribution in [2.45, 2.75) is 24.7 Å². The van der Waals surface area contributed by atoms with E-state index in [2.05, 4.69) is 0 Å². The van der Waals surface area contributed by atoms with Crippen LogP contribution in [-0.4, -0.2) is 18.3 Å². The van der Waals surface area contributed by atoms with E-state index in [1.165, 1.54) is 11.1 Å². The molecule has 1 aliphatic carbocycles. The van der Waals surface area contributed by atoms with Crippen LogP contribution >= 0.6 is 11.6 Å². The van der Waals surface area contributed by atoms with Crippen molar-refractivity contribution in [2.75, 3.05) is 13.2 Å². The molecule has 0 radical (unpaired) electrons. The molecule has 3 N–H and O–H groups in total. The molecule has 0 fully saturated rings. The summed E-state index contributed by atoms with van der Waals surface area (Å²) in [5.41, 5.74) is 8.00. The van der Waals surface area contributed by atoms with E-state index in [1.807, 2.05) is 18.2 Å². The van der Waals surface area contributed by atoms with Gasteiger partial charge in [-0.25, -0.2) is 0 Å². The third-order valence-corrected chi connectivity index (χ3v) is 3.67. The zero-order valence-corrected chi connectivity index (χ0v) is 9.43. The summed E-state index contributed by atoms with van der Waals surface area (Å²) in [4.78, 5) is 0. The number of fused-ring (bicyclic) bond motifs is 1. The van der Waals surface area contributed by atoms with E-state index in [0.717, 1.165) is 24.3 Å². The average Bonchev–Trinajstić information content (AvgIpc) is 2.27. The lowest BCUT2D eigenvalue weighted by molar-refractivity contribution is 0.179. The molecule has 0 amide bonds. The summed E-state index contributed by atoms with van der Waals surface area (Å²) in [6.07, 6.45) is 3.08. The molecular weight excluding hydrogens is 210 g/mol. The first-order chi connectivity index (χ1) is 7.22. The topological polar surface area (TPSA) is 46.2 Å². The van der Waals surface area contributed by atoms with Crippen LogP contribution in [0.4, 0.5) is 0 Å². The summed E-state index contributed by atoms with van der Waals surface area (Å²) in [5.74, 6) is 0.